The quantitative estimate of drug-likeness (QED) is 0.334. The van der Waals surface area contributed by atoms with Crippen molar-refractivity contribution in [1.29, 1.82) is 5.26 Å². The van der Waals surface area contributed by atoms with Gasteiger partial charge in [0.15, 0.2) is 5.82 Å². The van der Waals surface area contributed by atoms with E-state index in [1.54, 1.807) is 18.2 Å². The van der Waals surface area contributed by atoms with Crippen LogP contribution in [0.15, 0.2) is 36.5 Å². The van der Waals surface area contributed by atoms with E-state index in [2.05, 4.69) is 16.3 Å². The van der Waals surface area contributed by atoms with Crippen LogP contribution in [0.25, 0.3) is 27.5 Å². The molecule has 0 unspecified atom stereocenters. The van der Waals surface area contributed by atoms with E-state index < -0.39 is 28.7 Å². The molecule has 1 saturated carbocycles. The average Bonchev–Trinajstić information content (AvgIpc) is 3.44. The van der Waals surface area contributed by atoms with Crippen molar-refractivity contribution in [3.8, 4) is 11.8 Å². The molecule has 4 aromatic rings. The summed E-state index contributed by atoms with van der Waals surface area (Å²) in [6.45, 7) is 3.78. The maximum absolute atomic E-state index is 16.2. The van der Waals surface area contributed by atoms with E-state index in [9.17, 15) is 23.9 Å². The van der Waals surface area contributed by atoms with Crippen LogP contribution in [0.1, 0.15) is 63.1 Å². The number of nitriles is 1. The lowest BCUT2D eigenvalue weighted by Crippen LogP contribution is -2.37. The number of H-pyrrole nitrogens is 1. The fourth-order valence-corrected chi connectivity index (χ4v) is 5.61. The van der Waals surface area contributed by atoms with Gasteiger partial charge in [-0.25, -0.2) is 18.0 Å². The van der Waals surface area contributed by atoms with Crippen molar-refractivity contribution in [1.82, 2.24) is 14.8 Å². The number of fused-ring (bicyclic) bond motifs is 2. The number of alkyl halides is 1. The number of benzene rings is 2. The standard InChI is InChI=1S/C27H25F3N4O2/c1-26(2,11-12-31)24-20(15-7-9-27(30,10-8-15)25(35)36)21-19(13-16-14-32-33-23(16)22(21)29)34(24)18-5-3-17(28)4-6-18/h3-6,13-15H,7-11H2,1-2H3,(H,32,33)(H,35,36). The van der Waals surface area contributed by atoms with E-state index in [0.29, 0.717) is 33.2 Å². The molecule has 2 heterocycles. The molecule has 2 aromatic heterocycles. The summed E-state index contributed by atoms with van der Waals surface area (Å²) in [5.74, 6) is -2.75. The first-order chi connectivity index (χ1) is 17.1. The normalized spacial score (nSPS) is 20.6. The number of nitrogens with zero attached hydrogens (tertiary/aromatic N) is 3. The van der Waals surface area contributed by atoms with E-state index in [-0.39, 0.29) is 43.5 Å². The van der Waals surface area contributed by atoms with E-state index in [1.807, 2.05) is 18.4 Å². The van der Waals surface area contributed by atoms with Crippen LogP contribution < -0.4 is 0 Å². The van der Waals surface area contributed by atoms with Gasteiger partial charge in [-0.1, -0.05) is 13.8 Å². The molecule has 0 bridgehead atoms. The number of aromatic nitrogens is 3. The first-order valence-corrected chi connectivity index (χ1v) is 11.8. The molecule has 0 radical (unpaired) electrons. The number of carboxylic acids is 1. The van der Waals surface area contributed by atoms with Gasteiger partial charge in [0.25, 0.3) is 0 Å². The largest absolute Gasteiger partial charge is 0.479 e. The average molecular weight is 495 g/mol. The molecule has 0 aliphatic heterocycles. The Labute approximate surface area is 205 Å². The molecule has 6 nitrogen and oxygen atoms in total. The van der Waals surface area contributed by atoms with Crippen molar-refractivity contribution >= 4 is 27.8 Å². The summed E-state index contributed by atoms with van der Waals surface area (Å²) in [6.07, 6.45) is 1.67. The number of aliphatic carboxylic acids is 1. The first-order valence-electron chi connectivity index (χ1n) is 11.8. The second-order valence-corrected chi connectivity index (χ2v) is 10.3. The monoisotopic (exact) mass is 494 g/mol. The number of carboxylic acid groups (broad SMARTS) is 1. The molecule has 2 aromatic carbocycles. The van der Waals surface area contributed by atoms with Crippen LogP contribution in [0.2, 0.25) is 0 Å². The molecule has 9 heteroatoms. The maximum atomic E-state index is 16.2. The minimum absolute atomic E-state index is 0.119. The van der Waals surface area contributed by atoms with Crippen LogP contribution in [0.4, 0.5) is 13.2 Å². The molecule has 186 valence electrons. The first kappa shape index (κ1) is 23.9. The van der Waals surface area contributed by atoms with E-state index >= 15 is 4.39 Å². The van der Waals surface area contributed by atoms with Crippen LogP contribution in [-0.2, 0) is 10.2 Å². The fourth-order valence-electron chi connectivity index (χ4n) is 5.61. The van der Waals surface area contributed by atoms with Gasteiger partial charge in [-0.15, -0.1) is 0 Å². The Morgan fingerprint density at radius 2 is 1.94 bits per heavy atom. The molecule has 2 N–H and O–H groups in total. The number of hydrogen-bond donors (Lipinski definition) is 2. The van der Waals surface area contributed by atoms with Crippen LogP contribution in [0.3, 0.4) is 0 Å². The van der Waals surface area contributed by atoms with Crippen molar-refractivity contribution in [3.63, 3.8) is 0 Å². The predicted octanol–water partition coefficient (Wildman–Crippen LogP) is 6.43. The molecular weight excluding hydrogens is 469 g/mol. The summed E-state index contributed by atoms with van der Waals surface area (Å²) in [7, 11) is 0. The van der Waals surface area contributed by atoms with Crippen LogP contribution >= 0.6 is 0 Å². The Kier molecular flexibility index (Phi) is 5.58. The van der Waals surface area contributed by atoms with E-state index in [1.165, 1.54) is 18.3 Å². The number of halogens is 3. The number of hydrogen-bond acceptors (Lipinski definition) is 3. The lowest BCUT2D eigenvalue weighted by Gasteiger charge is -2.34. The van der Waals surface area contributed by atoms with Gasteiger partial charge < -0.3 is 9.67 Å². The van der Waals surface area contributed by atoms with Crippen molar-refractivity contribution in [2.24, 2.45) is 0 Å². The van der Waals surface area contributed by atoms with Crippen LogP contribution in [-0.4, -0.2) is 31.5 Å². The Hall–Kier alpha value is -3.80. The SMILES string of the molecule is CC(C)(CC#N)c1c(C2CCC(F)(C(=O)O)CC2)c2c(F)c3[nH]ncc3cc2n1-c1ccc(F)cc1. The molecule has 0 saturated heterocycles. The highest BCUT2D eigenvalue weighted by Gasteiger charge is 2.45. The van der Waals surface area contributed by atoms with Crippen LogP contribution in [0, 0.1) is 23.0 Å². The van der Waals surface area contributed by atoms with Crippen molar-refractivity contribution in [2.75, 3.05) is 0 Å². The van der Waals surface area contributed by atoms with Crippen LogP contribution in [0.5, 0.6) is 0 Å². The number of carbonyl (C=O) groups is 1. The summed E-state index contributed by atoms with van der Waals surface area (Å²) in [6, 6.07) is 9.85. The number of nitrogens with one attached hydrogen (secondary N) is 1. The second kappa shape index (κ2) is 8.40. The molecule has 1 aliphatic carbocycles. The zero-order valence-electron chi connectivity index (χ0n) is 19.9. The molecule has 36 heavy (non-hydrogen) atoms. The zero-order valence-corrected chi connectivity index (χ0v) is 19.9. The lowest BCUT2D eigenvalue weighted by atomic mass is 9.73. The van der Waals surface area contributed by atoms with Gasteiger partial charge in [-0.05, 0) is 67.5 Å². The highest BCUT2D eigenvalue weighted by molar-refractivity contribution is 6.00. The summed E-state index contributed by atoms with van der Waals surface area (Å²) in [5.41, 5.74) is -0.411. The van der Waals surface area contributed by atoms with Gasteiger partial charge >= 0.3 is 5.97 Å². The molecule has 1 fully saturated rings. The van der Waals surface area contributed by atoms with Gasteiger partial charge in [-0.2, -0.15) is 10.4 Å². The third-order valence-electron chi connectivity index (χ3n) is 7.46. The Morgan fingerprint density at radius 3 is 2.56 bits per heavy atom. The lowest BCUT2D eigenvalue weighted by molar-refractivity contribution is -0.153. The van der Waals surface area contributed by atoms with Gasteiger partial charge in [0.2, 0.25) is 5.67 Å². The number of rotatable bonds is 5. The Balaban J connectivity index is 1.86. The predicted molar refractivity (Wildman–Crippen MR) is 129 cm³/mol. The molecule has 0 atom stereocenters. The third kappa shape index (κ3) is 3.63. The smallest absolute Gasteiger partial charge is 0.341 e. The Bertz CT molecular complexity index is 1520. The van der Waals surface area contributed by atoms with Gasteiger partial charge in [0.1, 0.15) is 11.3 Å². The van der Waals surface area contributed by atoms with Crippen molar-refractivity contribution in [2.45, 2.75) is 63.0 Å². The summed E-state index contributed by atoms with van der Waals surface area (Å²) >= 11 is 0. The van der Waals surface area contributed by atoms with Gasteiger partial charge in [0.05, 0.1) is 17.8 Å². The molecule has 0 amide bonds. The van der Waals surface area contributed by atoms with Gasteiger partial charge in [-0.3, -0.25) is 5.10 Å². The topological polar surface area (TPSA) is 94.7 Å². The van der Waals surface area contributed by atoms with Crippen molar-refractivity contribution in [3.05, 3.63) is 59.4 Å². The summed E-state index contributed by atoms with van der Waals surface area (Å²) in [5, 5.41) is 26.6. The molecule has 1 aliphatic rings. The molecule has 5 rings (SSSR count). The van der Waals surface area contributed by atoms with Gasteiger partial charge in [0, 0.05) is 34.0 Å². The highest BCUT2D eigenvalue weighted by atomic mass is 19.1. The summed E-state index contributed by atoms with van der Waals surface area (Å²) in [4.78, 5) is 11.5. The minimum Gasteiger partial charge on any atom is -0.479 e. The third-order valence-corrected chi connectivity index (χ3v) is 7.46. The minimum atomic E-state index is -2.32. The van der Waals surface area contributed by atoms with Crippen molar-refractivity contribution < 1.29 is 23.1 Å². The van der Waals surface area contributed by atoms with E-state index in [0.717, 1.165) is 0 Å². The fraction of sp³-hybridized carbons (Fsp3) is 0.370. The number of aromatic amines is 1. The Morgan fingerprint density at radius 1 is 1.28 bits per heavy atom. The van der Waals surface area contributed by atoms with E-state index in [4.69, 9.17) is 0 Å². The molecule has 0 spiro atoms. The highest BCUT2D eigenvalue weighted by Crippen LogP contribution is 2.49. The maximum Gasteiger partial charge on any atom is 0.341 e. The molecular formula is C27H25F3N4O2. The summed E-state index contributed by atoms with van der Waals surface area (Å²) < 4.78 is 46.8. The second-order valence-electron chi connectivity index (χ2n) is 10.3. The zero-order chi connectivity index (χ0) is 25.8.